The molecule has 8 N–H and O–H groups in total. The molecule has 64 heavy (non-hydrogen) atoms. The van der Waals surface area contributed by atoms with Crippen LogP contribution in [-0.4, -0.2) is 114 Å². The van der Waals surface area contributed by atoms with E-state index >= 15 is 0 Å². The molecule has 0 spiro atoms. The third kappa shape index (κ3) is 17.6. The predicted octanol–water partition coefficient (Wildman–Crippen LogP) is 3.38. The molecule has 0 radical (unpaired) electrons. The maximum absolute atomic E-state index is 13.6. The number of aromatic hydroxyl groups is 1. The summed E-state index contributed by atoms with van der Waals surface area (Å²) in [4.78, 5) is 100. The normalized spacial score (nSPS) is 17.2. The van der Waals surface area contributed by atoms with Crippen molar-refractivity contribution in [3.8, 4) is 5.75 Å². The Morgan fingerprint density at radius 2 is 1.52 bits per heavy atom. The first kappa shape index (κ1) is 51.7. The number of esters is 1. The highest BCUT2D eigenvalue weighted by Gasteiger charge is 2.42. The lowest BCUT2D eigenvalue weighted by Gasteiger charge is -2.23. The number of hydrogen-bond acceptors (Lipinski definition) is 11. The van der Waals surface area contributed by atoms with Crippen LogP contribution in [-0.2, 0) is 39.9 Å². The molecule has 19 heteroatoms. The van der Waals surface area contributed by atoms with E-state index < -0.39 is 48.2 Å². The van der Waals surface area contributed by atoms with Gasteiger partial charge in [-0.25, -0.2) is 9.59 Å². The summed E-state index contributed by atoms with van der Waals surface area (Å²) in [5.74, 6) is -1.82. The van der Waals surface area contributed by atoms with E-state index in [1.165, 1.54) is 13.0 Å². The number of ketones is 1. The minimum Gasteiger partial charge on any atom is -0.507 e. The lowest BCUT2D eigenvalue weighted by molar-refractivity contribution is -0.131. The first-order chi connectivity index (χ1) is 30.6. The molecule has 0 aromatic heterocycles. The number of carbonyl (C=O) groups is 8. The van der Waals surface area contributed by atoms with Crippen LogP contribution in [0.5, 0.6) is 5.75 Å². The van der Waals surface area contributed by atoms with E-state index in [0.29, 0.717) is 65.0 Å². The van der Waals surface area contributed by atoms with Gasteiger partial charge in [-0.15, -0.1) is 0 Å². The molecule has 2 aliphatic heterocycles. The number of aryl methyl sites for hydroxylation is 2. The number of amides is 7. The van der Waals surface area contributed by atoms with Crippen molar-refractivity contribution in [1.82, 2.24) is 37.2 Å². The van der Waals surface area contributed by atoms with E-state index in [0.717, 1.165) is 36.1 Å². The zero-order valence-electron chi connectivity index (χ0n) is 36.8. The van der Waals surface area contributed by atoms with Crippen molar-refractivity contribution >= 4 is 81.7 Å². The fourth-order valence-corrected chi connectivity index (χ4v) is 9.71. The molecule has 2 heterocycles. The topological polar surface area (TPSA) is 250 Å². The molecular formula is C45H62IN7O10S. The number of halogens is 1. The Hall–Kier alpha value is -4.92. The molecule has 0 bridgehead atoms. The highest BCUT2D eigenvalue weighted by atomic mass is 125. The lowest BCUT2D eigenvalue weighted by Crippen LogP contribution is -2.54. The van der Waals surface area contributed by atoms with Gasteiger partial charge in [-0.05, 0) is 110 Å². The summed E-state index contributed by atoms with van der Waals surface area (Å²) in [7, 11) is 0. The van der Waals surface area contributed by atoms with Gasteiger partial charge in [0.25, 0.3) is 0 Å². The van der Waals surface area contributed by atoms with Gasteiger partial charge in [0.05, 0.1) is 27.8 Å². The van der Waals surface area contributed by atoms with Crippen LogP contribution in [0.25, 0.3) is 0 Å². The van der Waals surface area contributed by atoms with Crippen molar-refractivity contribution in [1.29, 1.82) is 0 Å². The highest BCUT2D eigenvalue weighted by Crippen LogP contribution is 2.33. The average Bonchev–Trinajstić information content (AvgIpc) is 3.81. The number of urea groups is 1. The van der Waals surface area contributed by atoms with Crippen molar-refractivity contribution < 1.29 is 48.2 Å². The summed E-state index contributed by atoms with van der Waals surface area (Å²) >= 11 is 3.83. The van der Waals surface area contributed by atoms with E-state index in [1.54, 1.807) is 38.1 Å². The zero-order valence-corrected chi connectivity index (χ0v) is 39.8. The number of Topliss-reactive ketones (excluding diaryl/α,β-unsaturated/α-hetero) is 1. The quantitative estimate of drug-likeness (QED) is 0.0279. The van der Waals surface area contributed by atoms with E-state index in [4.69, 9.17) is 4.74 Å². The van der Waals surface area contributed by atoms with E-state index in [1.807, 2.05) is 40.4 Å². The van der Waals surface area contributed by atoms with Gasteiger partial charge in [-0.1, -0.05) is 37.1 Å². The number of hydrogen-bond donors (Lipinski definition) is 8. The van der Waals surface area contributed by atoms with Gasteiger partial charge in [0.1, 0.15) is 17.8 Å². The van der Waals surface area contributed by atoms with Crippen LogP contribution in [0.1, 0.15) is 105 Å². The number of unbranched alkanes of at least 4 members (excludes halogenated alkanes) is 4. The van der Waals surface area contributed by atoms with Crippen LogP contribution in [0.15, 0.2) is 36.4 Å². The third-order valence-electron chi connectivity index (χ3n) is 11.0. The maximum atomic E-state index is 13.6. The summed E-state index contributed by atoms with van der Waals surface area (Å²) in [5, 5.41) is 30.1. The third-order valence-corrected chi connectivity index (χ3v) is 13.4. The van der Waals surface area contributed by atoms with Gasteiger partial charge in [-0.2, -0.15) is 11.8 Å². The monoisotopic (exact) mass is 1020 g/mol. The Labute approximate surface area is 392 Å². The minimum absolute atomic E-state index is 0.0532. The number of rotatable bonds is 27. The van der Waals surface area contributed by atoms with E-state index in [-0.39, 0.29) is 68.0 Å². The van der Waals surface area contributed by atoms with Gasteiger partial charge >= 0.3 is 12.0 Å². The lowest BCUT2D eigenvalue weighted by atomic mass is 10.0. The standard InChI is InChI=1S/C45H62IN7O10S/c1-27-12-11-13-28(2)40(27)44(61)63-25-31(55)24-49-39(58)16-5-4-9-21-48-42(59)34(23-30-18-19-36(56)32(46)22-30)51-43(60)33(50-29(3)54)14-8-10-20-47-38(57)17-7-6-15-37-41-35(26-64-37)52-45(62)53-41/h11-13,18-19,22,33-35,37,41,56H,4-10,14-17,20-21,23-26H2,1-3H3,(H,47,57)(H,48,59)(H,49,58)(H,50,54)(H,51,60)(H2,52,53,62)/t33-,34-,35+,37?,41+/m0/s1/i46-2. The van der Waals surface area contributed by atoms with Gasteiger partial charge in [0, 0.05) is 50.3 Å². The predicted molar refractivity (Wildman–Crippen MR) is 251 cm³/mol. The Morgan fingerprint density at radius 1 is 0.828 bits per heavy atom. The molecule has 2 saturated heterocycles. The molecule has 2 aliphatic rings. The number of nitrogens with one attached hydrogen (secondary N) is 7. The van der Waals surface area contributed by atoms with Crippen LogP contribution in [0.4, 0.5) is 4.79 Å². The minimum atomic E-state index is -1.01. The van der Waals surface area contributed by atoms with Gasteiger partial charge in [0.15, 0.2) is 12.4 Å². The molecule has 1 unspecified atom stereocenters. The molecular weight excluding hydrogens is 956 g/mol. The van der Waals surface area contributed by atoms with Crippen molar-refractivity contribution in [3.63, 3.8) is 0 Å². The van der Waals surface area contributed by atoms with Gasteiger partial charge in [-0.3, -0.25) is 28.8 Å². The highest BCUT2D eigenvalue weighted by molar-refractivity contribution is 14.1. The largest absolute Gasteiger partial charge is 0.507 e. The Balaban J connectivity index is 1.15. The summed E-state index contributed by atoms with van der Waals surface area (Å²) in [6.07, 6.45) is 6.22. The molecule has 2 aromatic rings. The van der Waals surface area contributed by atoms with Crippen LogP contribution >= 0.6 is 34.4 Å². The number of fused-ring (bicyclic) bond motifs is 1. The van der Waals surface area contributed by atoms with Crippen molar-refractivity contribution in [2.45, 2.75) is 127 Å². The molecule has 2 fully saturated rings. The second kappa shape index (κ2) is 26.8. The summed E-state index contributed by atoms with van der Waals surface area (Å²) < 4.78 is 5.73. The van der Waals surface area contributed by atoms with Crippen molar-refractivity contribution in [2.24, 2.45) is 0 Å². The number of phenolic OH excluding ortho intramolecular Hbond substituents is 1. The van der Waals surface area contributed by atoms with E-state index in [2.05, 4.69) is 37.2 Å². The molecule has 5 atom stereocenters. The molecule has 2 aromatic carbocycles. The fraction of sp³-hybridized carbons (Fsp3) is 0.556. The Kier molecular flexibility index (Phi) is 21.6. The zero-order chi connectivity index (χ0) is 46.6. The molecule has 0 saturated carbocycles. The molecule has 350 valence electrons. The smallest absolute Gasteiger partial charge is 0.339 e. The molecule has 7 amide bonds. The van der Waals surface area contributed by atoms with Crippen molar-refractivity contribution in [3.05, 3.63) is 62.2 Å². The van der Waals surface area contributed by atoms with Gasteiger partial charge < -0.3 is 47.1 Å². The summed E-state index contributed by atoms with van der Waals surface area (Å²) in [5.41, 5.74) is 2.60. The number of phenols is 1. The van der Waals surface area contributed by atoms with Crippen LogP contribution in [0, 0.1) is 17.4 Å². The molecule has 0 aliphatic carbocycles. The van der Waals surface area contributed by atoms with Crippen molar-refractivity contribution in [2.75, 3.05) is 32.0 Å². The summed E-state index contributed by atoms with van der Waals surface area (Å²) in [6, 6.07) is 8.58. The number of benzene rings is 2. The van der Waals surface area contributed by atoms with Crippen LogP contribution in [0.2, 0.25) is 0 Å². The van der Waals surface area contributed by atoms with Crippen LogP contribution < -0.4 is 37.2 Å². The number of carbonyl (C=O) groups excluding carboxylic acids is 8. The number of ether oxygens (including phenoxy) is 1. The van der Waals surface area contributed by atoms with Crippen LogP contribution in [0.3, 0.4) is 0 Å². The summed E-state index contributed by atoms with van der Waals surface area (Å²) in [6.45, 7) is 4.83. The molecule has 17 nitrogen and oxygen atoms in total. The Bertz CT molecular complexity index is 1970. The fourth-order valence-electron chi connectivity index (χ4n) is 7.59. The first-order valence-corrected chi connectivity index (χ1v) is 24.0. The molecule has 4 rings (SSSR count). The SMILES string of the molecule is CC(=O)N[C@@H](CCCCNC(=O)CCCCC1SC[C@H]2NC(=O)N[C@@H]12)C(=O)N[C@@H](Cc1ccc(O)c([125I])c1)C(=O)NCCCCCC(=O)NCC(=O)COC(=O)c1c(C)cccc1C. The number of thioether (sulfide) groups is 1. The second-order valence-electron chi connectivity index (χ2n) is 16.3. The average molecular weight is 1020 g/mol. The second-order valence-corrected chi connectivity index (χ2v) is 18.7. The Morgan fingerprint density at radius 3 is 2.23 bits per heavy atom. The maximum Gasteiger partial charge on any atom is 0.339 e. The first-order valence-electron chi connectivity index (χ1n) is 21.9. The van der Waals surface area contributed by atoms with E-state index in [9.17, 15) is 43.5 Å². The van der Waals surface area contributed by atoms with Gasteiger partial charge in [0.2, 0.25) is 29.5 Å².